The van der Waals surface area contributed by atoms with E-state index in [1.54, 1.807) is 25.3 Å². The van der Waals surface area contributed by atoms with Gasteiger partial charge in [0.15, 0.2) is 0 Å². The number of piperidine rings is 1. The number of nitrogens with two attached hydrogens (primary N) is 1. The van der Waals surface area contributed by atoms with Gasteiger partial charge in [-0.15, -0.1) is 0 Å². The second kappa shape index (κ2) is 7.14. The van der Waals surface area contributed by atoms with Crippen LogP contribution in [0.2, 0.25) is 5.02 Å². The van der Waals surface area contributed by atoms with Gasteiger partial charge in [0.2, 0.25) is 5.91 Å². The van der Waals surface area contributed by atoms with Gasteiger partial charge < -0.3 is 15.4 Å². The Morgan fingerprint density at radius 2 is 2.14 bits per heavy atom. The summed E-state index contributed by atoms with van der Waals surface area (Å²) in [6, 6.07) is 5.57. The molecule has 0 aliphatic carbocycles. The minimum absolute atomic E-state index is 0.124. The van der Waals surface area contributed by atoms with E-state index in [2.05, 4.69) is 0 Å². The minimum atomic E-state index is 0.124. The Morgan fingerprint density at radius 1 is 1.48 bits per heavy atom. The Morgan fingerprint density at radius 3 is 2.71 bits per heavy atom. The molecule has 2 N–H and O–H groups in total. The van der Waals surface area contributed by atoms with Crippen LogP contribution in [-0.4, -0.2) is 37.0 Å². The molecule has 1 fully saturated rings. The molecule has 4 nitrogen and oxygen atoms in total. The normalized spacial score (nSPS) is 17.6. The molecule has 1 saturated heterocycles. The molecule has 21 heavy (non-hydrogen) atoms. The summed E-state index contributed by atoms with van der Waals surface area (Å²) in [5.41, 5.74) is 6.77. The highest BCUT2D eigenvalue weighted by Crippen LogP contribution is 2.25. The average molecular weight is 311 g/mol. The third-order valence-corrected chi connectivity index (χ3v) is 4.46. The number of rotatable bonds is 4. The molecule has 1 atom stereocenters. The summed E-state index contributed by atoms with van der Waals surface area (Å²) in [5, 5.41) is 0.620. The fraction of sp³-hybridized carbons (Fsp3) is 0.562. The van der Waals surface area contributed by atoms with Crippen molar-refractivity contribution in [1.82, 2.24) is 4.90 Å². The first-order chi connectivity index (χ1) is 10.0. The van der Waals surface area contributed by atoms with Crippen LogP contribution in [-0.2, 0) is 11.2 Å². The molecular weight excluding hydrogens is 288 g/mol. The molecule has 0 saturated carbocycles. The van der Waals surface area contributed by atoms with Crippen molar-refractivity contribution in [3.63, 3.8) is 0 Å². The van der Waals surface area contributed by atoms with E-state index >= 15 is 0 Å². The zero-order chi connectivity index (χ0) is 15.4. The Balaban J connectivity index is 1.98. The zero-order valence-electron chi connectivity index (χ0n) is 12.6. The van der Waals surface area contributed by atoms with Crippen molar-refractivity contribution in [1.29, 1.82) is 0 Å². The number of hydrogen-bond acceptors (Lipinski definition) is 3. The van der Waals surface area contributed by atoms with E-state index in [4.69, 9.17) is 22.1 Å². The van der Waals surface area contributed by atoms with Crippen molar-refractivity contribution >= 4 is 17.5 Å². The SMILES string of the molecule is COc1ccc(Cl)cc1CC(=O)N1CCC(C(C)N)CC1. The first kappa shape index (κ1) is 16.1. The third-order valence-electron chi connectivity index (χ3n) is 4.22. The lowest BCUT2D eigenvalue weighted by atomic mass is 9.91. The predicted octanol–water partition coefficient (Wildman–Crippen LogP) is 2.48. The van der Waals surface area contributed by atoms with Crippen LogP contribution in [0.15, 0.2) is 18.2 Å². The van der Waals surface area contributed by atoms with E-state index in [-0.39, 0.29) is 11.9 Å². The third kappa shape index (κ3) is 4.11. The summed E-state index contributed by atoms with van der Waals surface area (Å²) in [6.07, 6.45) is 2.29. The molecular formula is C16H23ClN2O2. The topological polar surface area (TPSA) is 55.6 Å². The lowest BCUT2D eigenvalue weighted by Crippen LogP contribution is -2.43. The molecule has 1 unspecified atom stereocenters. The average Bonchev–Trinajstić information content (AvgIpc) is 2.47. The number of likely N-dealkylation sites (tertiary alicyclic amines) is 1. The molecule has 0 spiro atoms. The van der Waals surface area contributed by atoms with Gasteiger partial charge in [0.25, 0.3) is 0 Å². The first-order valence-corrected chi connectivity index (χ1v) is 7.75. The number of carbonyl (C=O) groups is 1. The fourth-order valence-corrected chi connectivity index (χ4v) is 3.03. The Labute approximate surface area is 131 Å². The first-order valence-electron chi connectivity index (χ1n) is 7.37. The van der Waals surface area contributed by atoms with Crippen LogP contribution in [0.3, 0.4) is 0 Å². The smallest absolute Gasteiger partial charge is 0.227 e. The van der Waals surface area contributed by atoms with Crippen LogP contribution < -0.4 is 10.5 Å². The summed E-state index contributed by atoms with van der Waals surface area (Å²) in [4.78, 5) is 14.3. The quantitative estimate of drug-likeness (QED) is 0.929. The van der Waals surface area contributed by atoms with Gasteiger partial charge in [-0.25, -0.2) is 0 Å². The Kier molecular flexibility index (Phi) is 5.48. The van der Waals surface area contributed by atoms with Crippen molar-refractivity contribution in [2.75, 3.05) is 20.2 Å². The highest BCUT2D eigenvalue weighted by Gasteiger charge is 2.25. The van der Waals surface area contributed by atoms with Crippen molar-refractivity contribution in [2.45, 2.75) is 32.2 Å². The van der Waals surface area contributed by atoms with Crippen LogP contribution in [0.4, 0.5) is 0 Å². The van der Waals surface area contributed by atoms with Crippen LogP contribution in [0.5, 0.6) is 5.75 Å². The molecule has 0 aromatic heterocycles. The van der Waals surface area contributed by atoms with Gasteiger partial charge in [-0.3, -0.25) is 4.79 Å². The lowest BCUT2D eigenvalue weighted by molar-refractivity contribution is -0.131. The standard InChI is InChI=1S/C16H23ClN2O2/c1-11(18)12-5-7-19(8-6-12)16(20)10-13-9-14(17)3-4-15(13)21-2/h3-4,9,11-12H,5-8,10,18H2,1-2H3. The largest absolute Gasteiger partial charge is 0.496 e. The van der Waals surface area contributed by atoms with Gasteiger partial charge in [-0.05, 0) is 43.9 Å². The number of benzene rings is 1. The fourth-order valence-electron chi connectivity index (χ4n) is 2.83. The molecule has 1 aromatic carbocycles. The minimum Gasteiger partial charge on any atom is -0.496 e. The molecule has 1 aromatic rings. The van der Waals surface area contributed by atoms with Crippen molar-refractivity contribution in [3.05, 3.63) is 28.8 Å². The Hall–Kier alpha value is -1.26. The number of methoxy groups -OCH3 is 1. The molecule has 1 aliphatic heterocycles. The van der Waals surface area contributed by atoms with E-state index in [1.807, 2.05) is 11.8 Å². The van der Waals surface area contributed by atoms with E-state index in [9.17, 15) is 4.79 Å². The van der Waals surface area contributed by atoms with Crippen LogP contribution in [0.1, 0.15) is 25.3 Å². The highest BCUT2D eigenvalue weighted by atomic mass is 35.5. The summed E-state index contributed by atoms with van der Waals surface area (Å²) in [5.74, 6) is 1.35. The molecule has 116 valence electrons. The molecule has 1 amide bonds. The molecule has 5 heteroatoms. The molecule has 2 rings (SSSR count). The van der Waals surface area contributed by atoms with E-state index in [1.165, 1.54) is 0 Å². The number of nitrogens with zero attached hydrogens (tertiary/aromatic N) is 1. The molecule has 0 bridgehead atoms. The Bertz CT molecular complexity index is 497. The van der Waals surface area contributed by atoms with Crippen LogP contribution in [0.25, 0.3) is 0 Å². The highest BCUT2D eigenvalue weighted by molar-refractivity contribution is 6.30. The second-order valence-corrected chi connectivity index (χ2v) is 6.15. The van der Waals surface area contributed by atoms with Gasteiger partial charge in [0, 0.05) is 29.7 Å². The summed E-state index contributed by atoms with van der Waals surface area (Å²) < 4.78 is 5.29. The van der Waals surface area contributed by atoms with Crippen molar-refractivity contribution < 1.29 is 9.53 Å². The van der Waals surface area contributed by atoms with E-state index in [0.29, 0.717) is 23.1 Å². The number of amides is 1. The second-order valence-electron chi connectivity index (χ2n) is 5.71. The monoisotopic (exact) mass is 310 g/mol. The molecule has 1 heterocycles. The van der Waals surface area contributed by atoms with Gasteiger partial charge in [0.1, 0.15) is 5.75 Å². The van der Waals surface area contributed by atoms with E-state index in [0.717, 1.165) is 31.5 Å². The maximum Gasteiger partial charge on any atom is 0.227 e. The van der Waals surface area contributed by atoms with Crippen molar-refractivity contribution in [3.8, 4) is 5.75 Å². The lowest BCUT2D eigenvalue weighted by Gasteiger charge is -2.33. The predicted molar refractivity (Wildman–Crippen MR) is 84.7 cm³/mol. The number of hydrogen-bond donors (Lipinski definition) is 1. The summed E-state index contributed by atoms with van der Waals surface area (Å²) in [6.45, 7) is 3.61. The summed E-state index contributed by atoms with van der Waals surface area (Å²) in [7, 11) is 1.60. The van der Waals surface area contributed by atoms with Gasteiger partial charge in [-0.2, -0.15) is 0 Å². The summed E-state index contributed by atoms with van der Waals surface area (Å²) >= 11 is 6.00. The number of halogens is 1. The number of ether oxygens (including phenoxy) is 1. The zero-order valence-corrected chi connectivity index (χ0v) is 13.4. The number of carbonyl (C=O) groups excluding carboxylic acids is 1. The van der Waals surface area contributed by atoms with E-state index < -0.39 is 0 Å². The van der Waals surface area contributed by atoms with Crippen LogP contribution in [0, 0.1) is 5.92 Å². The van der Waals surface area contributed by atoms with Crippen molar-refractivity contribution in [2.24, 2.45) is 11.7 Å². The van der Waals surface area contributed by atoms with Gasteiger partial charge in [-0.1, -0.05) is 11.6 Å². The van der Waals surface area contributed by atoms with Gasteiger partial charge in [0.05, 0.1) is 13.5 Å². The maximum absolute atomic E-state index is 12.4. The molecule has 1 aliphatic rings. The van der Waals surface area contributed by atoms with Crippen LogP contribution >= 0.6 is 11.6 Å². The molecule has 0 radical (unpaired) electrons. The maximum atomic E-state index is 12.4. The van der Waals surface area contributed by atoms with Gasteiger partial charge >= 0.3 is 0 Å².